The number of carbonyl (C=O) groups excluding carboxylic acids is 2. The van der Waals surface area contributed by atoms with Crippen molar-refractivity contribution in [2.24, 2.45) is 0 Å². The molecule has 0 N–H and O–H groups in total. The highest BCUT2D eigenvalue weighted by atomic mass is 16.2. The minimum atomic E-state index is 0.00700. The molecule has 108 valence electrons. The fraction of sp³-hybridized carbons (Fsp3) is 0.267. The lowest BCUT2D eigenvalue weighted by Crippen LogP contribution is -2.48. The molecule has 0 aliphatic carbocycles. The van der Waals surface area contributed by atoms with Crippen molar-refractivity contribution in [1.29, 1.82) is 0 Å². The summed E-state index contributed by atoms with van der Waals surface area (Å²) < 4.78 is 1.75. The number of carbonyl (C=O) groups is 2. The van der Waals surface area contributed by atoms with Crippen LogP contribution in [0.5, 0.6) is 0 Å². The highest BCUT2D eigenvalue weighted by molar-refractivity contribution is 5.94. The minimum Gasteiger partial charge on any atom is -0.342 e. The van der Waals surface area contributed by atoms with Gasteiger partial charge in [-0.1, -0.05) is 0 Å². The van der Waals surface area contributed by atoms with Crippen LogP contribution < -0.4 is 0 Å². The van der Waals surface area contributed by atoms with Crippen LogP contribution in [-0.2, 0) is 4.79 Å². The van der Waals surface area contributed by atoms with Crippen LogP contribution in [0.3, 0.4) is 0 Å². The van der Waals surface area contributed by atoms with E-state index in [1.165, 1.54) is 0 Å². The summed E-state index contributed by atoms with van der Waals surface area (Å²) in [5.74, 6) is 0.00700. The molecule has 1 aromatic carbocycles. The average Bonchev–Trinajstić information content (AvgIpc) is 3.09. The molecule has 0 atom stereocenters. The predicted octanol–water partition coefficient (Wildman–Crippen LogP) is 0.786. The van der Waals surface area contributed by atoms with Crippen LogP contribution >= 0.6 is 0 Å². The molecule has 21 heavy (non-hydrogen) atoms. The van der Waals surface area contributed by atoms with Crippen LogP contribution in [0.4, 0.5) is 0 Å². The fourth-order valence-electron chi connectivity index (χ4n) is 2.39. The maximum absolute atomic E-state index is 12.4. The maximum Gasteiger partial charge on any atom is 0.253 e. The topological polar surface area (TPSA) is 58.4 Å². The smallest absolute Gasteiger partial charge is 0.253 e. The second-order valence-electron chi connectivity index (χ2n) is 4.93. The Labute approximate surface area is 122 Å². The quantitative estimate of drug-likeness (QED) is 0.783. The van der Waals surface area contributed by atoms with Crippen LogP contribution in [0, 0.1) is 0 Å². The molecule has 1 aliphatic rings. The molecular formula is C15H16N4O2. The Morgan fingerprint density at radius 1 is 1.10 bits per heavy atom. The van der Waals surface area contributed by atoms with E-state index in [0.717, 1.165) is 12.1 Å². The Bertz CT molecular complexity index is 614. The Morgan fingerprint density at radius 3 is 2.38 bits per heavy atom. The summed E-state index contributed by atoms with van der Waals surface area (Å²) in [6.45, 7) is 2.36. The van der Waals surface area contributed by atoms with E-state index >= 15 is 0 Å². The first-order valence-corrected chi connectivity index (χ1v) is 6.86. The van der Waals surface area contributed by atoms with E-state index in [4.69, 9.17) is 0 Å². The lowest BCUT2D eigenvalue weighted by Gasteiger charge is -2.32. The van der Waals surface area contributed by atoms with Crippen molar-refractivity contribution in [2.75, 3.05) is 26.2 Å². The number of amides is 2. The normalized spacial score (nSPS) is 15.0. The molecule has 2 aromatic rings. The molecule has 6 heteroatoms. The van der Waals surface area contributed by atoms with E-state index in [2.05, 4.69) is 5.10 Å². The van der Waals surface area contributed by atoms with Crippen LogP contribution in [-0.4, -0.2) is 58.1 Å². The van der Waals surface area contributed by atoms with Crippen molar-refractivity contribution in [3.05, 3.63) is 48.3 Å². The molecule has 0 unspecified atom stereocenters. The molecule has 2 heterocycles. The molecular weight excluding hydrogens is 268 g/mol. The van der Waals surface area contributed by atoms with Gasteiger partial charge in [0.25, 0.3) is 5.91 Å². The average molecular weight is 284 g/mol. The lowest BCUT2D eigenvalue weighted by atomic mass is 10.1. The van der Waals surface area contributed by atoms with Crippen molar-refractivity contribution in [1.82, 2.24) is 19.6 Å². The fourth-order valence-corrected chi connectivity index (χ4v) is 2.39. The summed E-state index contributed by atoms with van der Waals surface area (Å²) in [5, 5.41) is 4.15. The SMILES string of the molecule is O=CN1CCN(C(=O)c2ccc(-n3cccn3)cc2)CC1. The second-order valence-corrected chi connectivity index (χ2v) is 4.93. The van der Waals surface area contributed by atoms with Gasteiger partial charge < -0.3 is 9.80 Å². The van der Waals surface area contributed by atoms with Crippen LogP contribution in [0.1, 0.15) is 10.4 Å². The zero-order chi connectivity index (χ0) is 14.7. The molecule has 6 nitrogen and oxygen atoms in total. The van der Waals surface area contributed by atoms with Crippen molar-refractivity contribution in [3.63, 3.8) is 0 Å². The molecule has 0 saturated carbocycles. The lowest BCUT2D eigenvalue weighted by molar-refractivity contribution is -0.119. The van der Waals surface area contributed by atoms with Gasteiger partial charge in [-0.2, -0.15) is 5.10 Å². The molecule has 1 aliphatic heterocycles. The van der Waals surface area contributed by atoms with Gasteiger partial charge in [0.2, 0.25) is 6.41 Å². The van der Waals surface area contributed by atoms with Gasteiger partial charge in [0.1, 0.15) is 0 Å². The summed E-state index contributed by atoms with van der Waals surface area (Å²) in [6.07, 6.45) is 4.40. The summed E-state index contributed by atoms with van der Waals surface area (Å²) in [6, 6.07) is 9.23. The molecule has 0 bridgehead atoms. The largest absolute Gasteiger partial charge is 0.342 e. The molecule has 3 rings (SSSR count). The van der Waals surface area contributed by atoms with E-state index in [-0.39, 0.29) is 5.91 Å². The monoisotopic (exact) mass is 284 g/mol. The minimum absolute atomic E-state index is 0.00700. The standard InChI is InChI=1S/C15H16N4O2/c20-12-17-8-10-18(11-9-17)15(21)13-2-4-14(5-3-13)19-7-1-6-16-19/h1-7,12H,8-11H2. The van der Waals surface area contributed by atoms with Crippen molar-refractivity contribution in [2.45, 2.75) is 0 Å². The van der Waals surface area contributed by atoms with Gasteiger partial charge in [0, 0.05) is 44.1 Å². The third-order valence-electron chi connectivity index (χ3n) is 3.63. The molecule has 1 aromatic heterocycles. The molecule has 1 fully saturated rings. The Balaban J connectivity index is 1.69. The number of hydrogen-bond donors (Lipinski definition) is 0. The van der Waals surface area contributed by atoms with E-state index in [1.807, 2.05) is 36.5 Å². The first kappa shape index (κ1) is 13.4. The van der Waals surface area contributed by atoms with Gasteiger partial charge in [-0.05, 0) is 30.3 Å². The number of piperazine rings is 1. The van der Waals surface area contributed by atoms with Gasteiger partial charge in [-0.15, -0.1) is 0 Å². The van der Waals surface area contributed by atoms with Crippen LogP contribution in [0.15, 0.2) is 42.7 Å². The Morgan fingerprint density at radius 2 is 1.81 bits per heavy atom. The molecule has 2 amide bonds. The number of aromatic nitrogens is 2. The maximum atomic E-state index is 12.4. The third kappa shape index (κ3) is 2.79. The van der Waals surface area contributed by atoms with Crippen molar-refractivity contribution < 1.29 is 9.59 Å². The zero-order valence-electron chi connectivity index (χ0n) is 11.6. The summed E-state index contributed by atoms with van der Waals surface area (Å²) in [4.78, 5) is 26.5. The number of benzene rings is 1. The first-order chi connectivity index (χ1) is 10.3. The van der Waals surface area contributed by atoms with E-state index < -0.39 is 0 Å². The van der Waals surface area contributed by atoms with Crippen molar-refractivity contribution in [3.8, 4) is 5.69 Å². The number of hydrogen-bond acceptors (Lipinski definition) is 3. The van der Waals surface area contributed by atoms with Crippen LogP contribution in [0.2, 0.25) is 0 Å². The van der Waals surface area contributed by atoms with Crippen LogP contribution in [0.25, 0.3) is 5.69 Å². The molecule has 0 radical (unpaired) electrons. The molecule has 0 spiro atoms. The Hall–Kier alpha value is -2.63. The Kier molecular flexibility index (Phi) is 3.68. The zero-order valence-corrected chi connectivity index (χ0v) is 11.6. The summed E-state index contributed by atoms with van der Waals surface area (Å²) in [7, 11) is 0. The third-order valence-corrected chi connectivity index (χ3v) is 3.63. The number of rotatable bonds is 3. The second kappa shape index (κ2) is 5.78. The van der Waals surface area contributed by atoms with Gasteiger partial charge in [0.15, 0.2) is 0 Å². The number of nitrogens with zero attached hydrogens (tertiary/aromatic N) is 4. The van der Waals surface area contributed by atoms with Gasteiger partial charge in [0.05, 0.1) is 5.69 Å². The van der Waals surface area contributed by atoms with Gasteiger partial charge >= 0.3 is 0 Å². The van der Waals surface area contributed by atoms with Crippen molar-refractivity contribution >= 4 is 12.3 Å². The predicted molar refractivity (Wildman–Crippen MR) is 77.1 cm³/mol. The summed E-state index contributed by atoms with van der Waals surface area (Å²) >= 11 is 0. The van der Waals surface area contributed by atoms with E-state index in [1.54, 1.807) is 20.7 Å². The highest BCUT2D eigenvalue weighted by Crippen LogP contribution is 2.12. The van der Waals surface area contributed by atoms with Gasteiger partial charge in [-0.25, -0.2) is 4.68 Å². The molecule has 1 saturated heterocycles. The van der Waals surface area contributed by atoms with Gasteiger partial charge in [-0.3, -0.25) is 9.59 Å². The first-order valence-electron chi connectivity index (χ1n) is 6.86. The van der Waals surface area contributed by atoms with E-state index in [9.17, 15) is 9.59 Å². The summed E-state index contributed by atoms with van der Waals surface area (Å²) in [5.41, 5.74) is 1.58. The highest BCUT2D eigenvalue weighted by Gasteiger charge is 2.21. The van der Waals surface area contributed by atoms with E-state index in [0.29, 0.717) is 31.7 Å².